The van der Waals surface area contributed by atoms with Crippen molar-refractivity contribution >= 4 is 5.82 Å². The highest BCUT2D eigenvalue weighted by Gasteiger charge is 2.27. The van der Waals surface area contributed by atoms with Crippen LogP contribution in [0.15, 0.2) is 17.2 Å². The van der Waals surface area contributed by atoms with Gasteiger partial charge in [0.05, 0.1) is 0 Å². The molecule has 1 aliphatic rings. The highest BCUT2D eigenvalue weighted by molar-refractivity contribution is 5.39. The Hall–Kier alpha value is -1.36. The van der Waals surface area contributed by atoms with Gasteiger partial charge in [-0.1, -0.05) is 20.8 Å². The molecule has 1 saturated heterocycles. The van der Waals surface area contributed by atoms with Crippen LogP contribution in [0.2, 0.25) is 0 Å². The van der Waals surface area contributed by atoms with Crippen molar-refractivity contribution in [1.29, 1.82) is 0 Å². The zero-order valence-corrected chi connectivity index (χ0v) is 13.5. The van der Waals surface area contributed by atoms with Crippen LogP contribution in [0.5, 0.6) is 0 Å². The van der Waals surface area contributed by atoms with Crippen LogP contribution < -0.4 is 15.8 Å². The van der Waals surface area contributed by atoms with Crippen LogP contribution in [0.3, 0.4) is 0 Å². The molecule has 1 aromatic heterocycles. The molecule has 5 nitrogen and oxygen atoms in total. The number of nitrogens with one attached hydrogen (secondary N) is 1. The van der Waals surface area contributed by atoms with Gasteiger partial charge in [0.2, 0.25) is 0 Å². The molecule has 0 amide bonds. The van der Waals surface area contributed by atoms with E-state index in [4.69, 9.17) is 0 Å². The molecule has 21 heavy (non-hydrogen) atoms. The first-order valence-corrected chi connectivity index (χ1v) is 8.16. The number of hydrogen-bond acceptors (Lipinski definition) is 4. The van der Waals surface area contributed by atoms with E-state index in [-0.39, 0.29) is 5.56 Å². The van der Waals surface area contributed by atoms with Gasteiger partial charge in [0.15, 0.2) is 5.82 Å². The Kier molecular flexibility index (Phi) is 5.79. The largest absolute Gasteiger partial charge is 0.348 e. The van der Waals surface area contributed by atoms with Gasteiger partial charge in [-0.15, -0.1) is 0 Å². The lowest BCUT2D eigenvalue weighted by atomic mass is 10.2. The molecule has 1 fully saturated rings. The Morgan fingerprint density at radius 2 is 2.29 bits per heavy atom. The first-order valence-electron chi connectivity index (χ1n) is 8.16. The van der Waals surface area contributed by atoms with Crippen molar-refractivity contribution in [3.05, 3.63) is 22.7 Å². The van der Waals surface area contributed by atoms with E-state index in [1.54, 1.807) is 17.0 Å². The van der Waals surface area contributed by atoms with Crippen LogP contribution in [0, 0.1) is 5.92 Å². The van der Waals surface area contributed by atoms with Gasteiger partial charge in [-0.3, -0.25) is 4.79 Å². The van der Waals surface area contributed by atoms with Gasteiger partial charge in [-0.2, -0.15) is 0 Å². The monoisotopic (exact) mass is 292 g/mol. The second-order valence-corrected chi connectivity index (χ2v) is 6.30. The van der Waals surface area contributed by atoms with Crippen molar-refractivity contribution in [3.8, 4) is 0 Å². The Morgan fingerprint density at radius 3 is 3.00 bits per heavy atom. The average Bonchev–Trinajstić information content (AvgIpc) is 2.89. The van der Waals surface area contributed by atoms with E-state index in [1.807, 2.05) is 0 Å². The van der Waals surface area contributed by atoms with Crippen molar-refractivity contribution in [2.24, 2.45) is 5.92 Å². The second-order valence-electron chi connectivity index (χ2n) is 6.30. The molecule has 2 rings (SSSR count). The molecule has 1 unspecified atom stereocenters. The predicted octanol–water partition coefficient (Wildman–Crippen LogP) is 1.87. The smallest absolute Gasteiger partial charge is 0.293 e. The molecular weight excluding hydrogens is 264 g/mol. The minimum atomic E-state index is 0.0496. The first-order chi connectivity index (χ1) is 10.1. The number of aromatic nitrogens is 2. The van der Waals surface area contributed by atoms with E-state index in [1.165, 1.54) is 0 Å². The molecule has 0 radical (unpaired) electrons. The molecule has 5 heteroatoms. The summed E-state index contributed by atoms with van der Waals surface area (Å²) >= 11 is 0. The van der Waals surface area contributed by atoms with Crippen LogP contribution in [0.25, 0.3) is 0 Å². The summed E-state index contributed by atoms with van der Waals surface area (Å²) in [6, 6.07) is 0.395. The molecular formula is C16H28N4O. The maximum absolute atomic E-state index is 12.6. The summed E-state index contributed by atoms with van der Waals surface area (Å²) in [4.78, 5) is 19.2. The summed E-state index contributed by atoms with van der Waals surface area (Å²) in [6.07, 6.45) is 6.97. The fourth-order valence-corrected chi connectivity index (χ4v) is 2.94. The minimum Gasteiger partial charge on any atom is -0.348 e. The van der Waals surface area contributed by atoms with Crippen LogP contribution in [0.4, 0.5) is 5.82 Å². The number of hydrogen-bond donors (Lipinski definition) is 1. The van der Waals surface area contributed by atoms with Crippen molar-refractivity contribution in [2.75, 3.05) is 24.5 Å². The van der Waals surface area contributed by atoms with Crippen LogP contribution in [0.1, 0.15) is 40.0 Å². The maximum atomic E-state index is 12.6. The van der Waals surface area contributed by atoms with E-state index in [2.05, 4.69) is 36.0 Å². The fourth-order valence-electron chi connectivity index (χ4n) is 2.94. The molecule has 0 saturated carbocycles. The number of anilines is 1. The zero-order chi connectivity index (χ0) is 15.2. The van der Waals surface area contributed by atoms with Gasteiger partial charge in [0.25, 0.3) is 5.56 Å². The van der Waals surface area contributed by atoms with E-state index in [0.29, 0.717) is 17.8 Å². The standard InChI is InChI=1S/C16H28N4O/c1-4-7-17-11-14-6-5-9-20(14)15-16(21)19(10-8-18-15)12-13(2)3/h8,10,13-14,17H,4-7,9,11-12H2,1-3H3. The molecule has 2 heterocycles. The highest BCUT2D eigenvalue weighted by Crippen LogP contribution is 2.20. The summed E-state index contributed by atoms with van der Waals surface area (Å²) in [5.41, 5.74) is 0.0496. The topological polar surface area (TPSA) is 50.2 Å². The molecule has 1 N–H and O–H groups in total. The molecule has 0 aliphatic carbocycles. The van der Waals surface area contributed by atoms with Gasteiger partial charge >= 0.3 is 0 Å². The lowest BCUT2D eigenvalue weighted by molar-refractivity contribution is 0.505. The van der Waals surface area contributed by atoms with Crippen molar-refractivity contribution in [2.45, 2.75) is 52.6 Å². The highest BCUT2D eigenvalue weighted by atomic mass is 16.1. The third-order valence-electron chi connectivity index (χ3n) is 3.91. The fraction of sp³-hybridized carbons (Fsp3) is 0.750. The normalized spacial score (nSPS) is 18.7. The lowest BCUT2D eigenvalue weighted by Crippen LogP contribution is -2.42. The maximum Gasteiger partial charge on any atom is 0.293 e. The first kappa shape index (κ1) is 16.0. The SMILES string of the molecule is CCCNCC1CCCN1c1nccn(CC(C)C)c1=O. The van der Waals surface area contributed by atoms with Gasteiger partial charge in [0, 0.05) is 38.1 Å². The quantitative estimate of drug-likeness (QED) is 0.780. The van der Waals surface area contributed by atoms with Crippen molar-refractivity contribution in [3.63, 3.8) is 0 Å². The van der Waals surface area contributed by atoms with Crippen LogP contribution in [-0.4, -0.2) is 35.2 Å². The Morgan fingerprint density at radius 1 is 1.48 bits per heavy atom. The van der Waals surface area contributed by atoms with Gasteiger partial charge in [-0.25, -0.2) is 4.98 Å². The Balaban J connectivity index is 2.14. The van der Waals surface area contributed by atoms with Crippen LogP contribution >= 0.6 is 0 Å². The van der Waals surface area contributed by atoms with Gasteiger partial charge < -0.3 is 14.8 Å². The minimum absolute atomic E-state index is 0.0496. The third kappa shape index (κ3) is 4.06. The second kappa shape index (κ2) is 7.59. The molecule has 1 aliphatic heterocycles. The predicted molar refractivity (Wildman–Crippen MR) is 86.9 cm³/mol. The summed E-state index contributed by atoms with van der Waals surface area (Å²) < 4.78 is 1.79. The van der Waals surface area contributed by atoms with Crippen LogP contribution in [-0.2, 0) is 6.54 Å². The van der Waals surface area contributed by atoms with Crippen molar-refractivity contribution in [1.82, 2.24) is 14.9 Å². The Labute approximate surface area is 127 Å². The lowest BCUT2D eigenvalue weighted by Gasteiger charge is -2.26. The van der Waals surface area contributed by atoms with Crippen molar-refractivity contribution < 1.29 is 0 Å². The van der Waals surface area contributed by atoms with E-state index in [0.717, 1.165) is 45.4 Å². The summed E-state index contributed by atoms with van der Waals surface area (Å²) in [6.45, 7) is 10.1. The van der Waals surface area contributed by atoms with E-state index >= 15 is 0 Å². The Bertz CT molecular complexity index is 497. The molecule has 118 valence electrons. The third-order valence-corrected chi connectivity index (χ3v) is 3.91. The molecule has 0 spiro atoms. The van der Waals surface area contributed by atoms with Gasteiger partial charge in [-0.05, 0) is 31.7 Å². The molecule has 1 atom stereocenters. The molecule has 0 aromatic carbocycles. The van der Waals surface area contributed by atoms with E-state index in [9.17, 15) is 4.79 Å². The molecule has 1 aromatic rings. The number of nitrogens with zero attached hydrogens (tertiary/aromatic N) is 3. The summed E-state index contributed by atoms with van der Waals surface area (Å²) in [5, 5.41) is 3.46. The van der Waals surface area contributed by atoms with E-state index < -0.39 is 0 Å². The summed E-state index contributed by atoms with van der Waals surface area (Å²) in [7, 11) is 0. The summed E-state index contributed by atoms with van der Waals surface area (Å²) in [5.74, 6) is 1.08. The van der Waals surface area contributed by atoms with Gasteiger partial charge in [0.1, 0.15) is 0 Å². The number of rotatable bonds is 7. The zero-order valence-electron chi connectivity index (χ0n) is 13.5. The average molecular weight is 292 g/mol. The molecule has 0 bridgehead atoms.